The maximum atomic E-state index is 13.1. The number of hydrogen-bond acceptors (Lipinski definition) is 6. The summed E-state index contributed by atoms with van der Waals surface area (Å²) >= 11 is 0. The lowest BCUT2D eigenvalue weighted by atomic mass is 9.94. The van der Waals surface area contributed by atoms with Gasteiger partial charge in [-0.2, -0.15) is 0 Å². The molecule has 2 amide bonds. The van der Waals surface area contributed by atoms with E-state index in [0.29, 0.717) is 30.8 Å². The molecule has 1 aliphatic heterocycles. The predicted molar refractivity (Wildman–Crippen MR) is 154 cm³/mol. The van der Waals surface area contributed by atoms with Crippen LogP contribution in [0.25, 0.3) is 0 Å². The molecule has 2 aromatic carbocycles. The summed E-state index contributed by atoms with van der Waals surface area (Å²) in [5, 5.41) is 12.6. The number of anilines is 1. The molecule has 9 heteroatoms. The highest BCUT2D eigenvalue weighted by molar-refractivity contribution is 5.91. The highest BCUT2D eigenvalue weighted by Crippen LogP contribution is 2.25. The van der Waals surface area contributed by atoms with Crippen molar-refractivity contribution >= 4 is 17.7 Å². The Labute approximate surface area is 237 Å². The molecule has 4 rings (SSSR count). The molecule has 40 heavy (non-hydrogen) atoms. The van der Waals surface area contributed by atoms with E-state index in [-0.39, 0.29) is 24.8 Å². The van der Waals surface area contributed by atoms with Crippen LogP contribution in [0.15, 0.2) is 48.5 Å². The number of carbonyl (C=O) groups excluding carboxylic acids is 1. The average Bonchev–Trinajstić information content (AvgIpc) is 2.96. The molecule has 2 fully saturated rings. The van der Waals surface area contributed by atoms with Crippen molar-refractivity contribution in [2.45, 2.75) is 57.8 Å². The molecule has 1 unspecified atom stereocenters. The molecule has 218 valence electrons. The van der Waals surface area contributed by atoms with Crippen molar-refractivity contribution in [3.63, 3.8) is 0 Å². The number of urea groups is 1. The molecular formula is C31H43N3O6. The van der Waals surface area contributed by atoms with E-state index in [1.165, 1.54) is 0 Å². The summed E-state index contributed by atoms with van der Waals surface area (Å²) in [7, 11) is 0. The fourth-order valence-electron chi connectivity index (χ4n) is 5.45. The summed E-state index contributed by atoms with van der Waals surface area (Å²) < 4.78 is 17.8. The summed E-state index contributed by atoms with van der Waals surface area (Å²) in [5.74, 6) is -0.924. The number of morpholine rings is 1. The first-order valence-electron chi connectivity index (χ1n) is 14.5. The molecule has 0 spiro atoms. The summed E-state index contributed by atoms with van der Waals surface area (Å²) in [4.78, 5) is 29.0. The van der Waals surface area contributed by atoms with Crippen LogP contribution < -0.4 is 5.32 Å². The molecule has 1 saturated heterocycles. The van der Waals surface area contributed by atoms with Crippen LogP contribution in [0.1, 0.15) is 53.6 Å². The lowest BCUT2D eigenvalue weighted by Crippen LogP contribution is -2.41. The number of nitrogens with one attached hydrogen (secondary N) is 1. The highest BCUT2D eigenvalue weighted by Gasteiger charge is 2.25. The van der Waals surface area contributed by atoms with E-state index in [4.69, 9.17) is 14.2 Å². The molecule has 0 bridgehead atoms. The minimum Gasteiger partial charge on any atom is -0.478 e. The molecule has 2 aromatic rings. The number of amides is 2. The number of ether oxygens (including phenoxy) is 3. The number of aromatic carboxylic acids is 1. The Balaban J connectivity index is 1.25. The van der Waals surface area contributed by atoms with Gasteiger partial charge in [0.05, 0.1) is 44.2 Å². The Morgan fingerprint density at radius 2 is 1.77 bits per heavy atom. The Morgan fingerprint density at radius 1 is 1.02 bits per heavy atom. The third-order valence-electron chi connectivity index (χ3n) is 7.66. The van der Waals surface area contributed by atoms with Crippen molar-refractivity contribution < 1.29 is 28.9 Å². The van der Waals surface area contributed by atoms with Crippen molar-refractivity contribution in [1.82, 2.24) is 9.80 Å². The van der Waals surface area contributed by atoms with E-state index in [1.807, 2.05) is 60.4 Å². The number of aryl methyl sites for hydroxylation is 1. The van der Waals surface area contributed by atoms with Crippen LogP contribution in [0.5, 0.6) is 0 Å². The second-order valence-corrected chi connectivity index (χ2v) is 10.6. The molecular weight excluding hydrogens is 510 g/mol. The predicted octanol–water partition coefficient (Wildman–Crippen LogP) is 4.79. The number of carbonyl (C=O) groups is 2. The van der Waals surface area contributed by atoms with Gasteiger partial charge < -0.3 is 29.5 Å². The van der Waals surface area contributed by atoms with E-state index in [1.54, 1.807) is 0 Å². The Bertz CT molecular complexity index is 1080. The van der Waals surface area contributed by atoms with Crippen LogP contribution in [-0.4, -0.2) is 91.7 Å². The fourth-order valence-corrected chi connectivity index (χ4v) is 5.45. The Morgan fingerprint density at radius 3 is 2.52 bits per heavy atom. The third-order valence-corrected chi connectivity index (χ3v) is 7.66. The van der Waals surface area contributed by atoms with Gasteiger partial charge in [0.25, 0.3) is 0 Å². The van der Waals surface area contributed by atoms with Gasteiger partial charge in [-0.1, -0.05) is 36.4 Å². The standard InChI is InChI=1S/C31H43N3O6/c1-24-8-5-9-25(29(24)30(35)36)23-40-28-13-6-12-27(22-28)39-21-18-34(15-7-14-33-16-19-38-20-17-33)31(37)32-26-10-3-2-4-11-26/h2-5,8-11,27-28H,6-7,12-23H2,1H3,(H,32,37)(H,35,36)/t27-,28?/m0/s1. The van der Waals surface area contributed by atoms with Gasteiger partial charge in [-0.15, -0.1) is 0 Å². The van der Waals surface area contributed by atoms with Crippen molar-refractivity contribution in [2.24, 2.45) is 0 Å². The quantitative estimate of drug-likeness (QED) is 0.368. The van der Waals surface area contributed by atoms with Crippen LogP contribution in [0.4, 0.5) is 10.5 Å². The normalized spacial score (nSPS) is 19.7. The van der Waals surface area contributed by atoms with Gasteiger partial charge in [-0.3, -0.25) is 4.90 Å². The largest absolute Gasteiger partial charge is 0.478 e. The van der Waals surface area contributed by atoms with E-state index in [2.05, 4.69) is 10.2 Å². The van der Waals surface area contributed by atoms with Crippen LogP contribution in [0.2, 0.25) is 0 Å². The summed E-state index contributed by atoms with van der Waals surface area (Å²) in [6.45, 7) is 8.04. The molecule has 2 N–H and O–H groups in total. The van der Waals surface area contributed by atoms with Gasteiger partial charge in [0, 0.05) is 38.4 Å². The van der Waals surface area contributed by atoms with Gasteiger partial charge in [-0.25, -0.2) is 9.59 Å². The van der Waals surface area contributed by atoms with E-state index in [9.17, 15) is 14.7 Å². The molecule has 1 saturated carbocycles. The lowest BCUT2D eigenvalue weighted by molar-refractivity contribution is -0.0523. The number of carboxylic acids is 1. The van der Waals surface area contributed by atoms with Crippen molar-refractivity contribution in [3.8, 4) is 0 Å². The van der Waals surface area contributed by atoms with E-state index in [0.717, 1.165) is 76.2 Å². The zero-order valence-corrected chi connectivity index (χ0v) is 23.6. The molecule has 1 aliphatic carbocycles. The van der Waals surface area contributed by atoms with Gasteiger partial charge in [0.15, 0.2) is 0 Å². The average molecular weight is 554 g/mol. The first kappa shape index (κ1) is 30.0. The number of nitrogens with zero attached hydrogens (tertiary/aromatic N) is 2. The van der Waals surface area contributed by atoms with Gasteiger partial charge in [-0.05, 0) is 62.3 Å². The van der Waals surface area contributed by atoms with Crippen molar-refractivity contribution in [2.75, 3.05) is 57.9 Å². The number of para-hydroxylation sites is 1. The Kier molecular flexibility index (Phi) is 11.8. The minimum absolute atomic E-state index is 0.0203. The van der Waals surface area contributed by atoms with Gasteiger partial charge >= 0.3 is 12.0 Å². The fraction of sp³-hybridized carbons (Fsp3) is 0.548. The van der Waals surface area contributed by atoms with Crippen LogP contribution in [0, 0.1) is 6.92 Å². The number of hydrogen-bond donors (Lipinski definition) is 2. The van der Waals surface area contributed by atoms with Crippen LogP contribution in [-0.2, 0) is 20.8 Å². The van der Waals surface area contributed by atoms with Crippen LogP contribution in [0.3, 0.4) is 0 Å². The SMILES string of the molecule is Cc1cccc(COC2CCC[C@H](OCCN(CCCN3CCOCC3)C(=O)Nc3ccccc3)C2)c1C(=O)O. The van der Waals surface area contributed by atoms with Gasteiger partial charge in [0.2, 0.25) is 0 Å². The monoisotopic (exact) mass is 553 g/mol. The molecule has 1 heterocycles. The van der Waals surface area contributed by atoms with E-state index >= 15 is 0 Å². The van der Waals surface area contributed by atoms with Gasteiger partial charge in [0.1, 0.15) is 0 Å². The second-order valence-electron chi connectivity index (χ2n) is 10.6. The zero-order chi connectivity index (χ0) is 28.2. The summed E-state index contributed by atoms with van der Waals surface area (Å²) in [5.41, 5.74) is 2.55. The number of benzene rings is 2. The maximum Gasteiger partial charge on any atom is 0.336 e. The molecule has 0 aromatic heterocycles. The molecule has 0 radical (unpaired) electrons. The first-order chi connectivity index (χ1) is 19.5. The topological polar surface area (TPSA) is 101 Å². The molecule has 2 atom stereocenters. The number of carboxylic acid groups (broad SMARTS) is 1. The van der Waals surface area contributed by atoms with Crippen molar-refractivity contribution in [3.05, 3.63) is 65.2 Å². The van der Waals surface area contributed by atoms with E-state index < -0.39 is 5.97 Å². The molecule has 9 nitrogen and oxygen atoms in total. The minimum atomic E-state index is -0.924. The second kappa shape index (κ2) is 15.7. The van der Waals surface area contributed by atoms with Crippen LogP contribution >= 0.6 is 0 Å². The third kappa shape index (κ3) is 9.30. The Hall–Kier alpha value is -2.98. The lowest BCUT2D eigenvalue weighted by Gasteiger charge is -2.31. The summed E-state index contributed by atoms with van der Waals surface area (Å²) in [6, 6.07) is 14.9. The smallest absolute Gasteiger partial charge is 0.336 e. The zero-order valence-electron chi connectivity index (χ0n) is 23.6. The molecule has 2 aliphatic rings. The number of rotatable bonds is 13. The highest BCUT2D eigenvalue weighted by atomic mass is 16.5. The first-order valence-corrected chi connectivity index (χ1v) is 14.5. The maximum absolute atomic E-state index is 13.1. The van der Waals surface area contributed by atoms with Crippen molar-refractivity contribution in [1.29, 1.82) is 0 Å². The summed E-state index contributed by atoms with van der Waals surface area (Å²) in [6.07, 6.45) is 4.61.